The summed E-state index contributed by atoms with van der Waals surface area (Å²) in [5.74, 6) is -0.528. The third-order valence-corrected chi connectivity index (χ3v) is 2.74. The van der Waals surface area contributed by atoms with E-state index in [1.54, 1.807) is 6.20 Å². The summed E-state index contributed by atoms with van der Waals surface area (Å²) in [7, 11) is 0. The van der Waals surface area contributed by atoms with E-state index in [4.69, 9.17) is 5.11 Å². The van der Waals surface area contributed by atoms with E-state index in [1.165, 1.54) is 31.9 Å². The van der Waals surface area contributed by atoms with Crippen LogP contribution >= 0.6 is 0 Å². The van der Waals surface area contributed by atoms with Gasteiger partial charge in [-0.1, -0.05) is 32.6 Å². The molecule has 0 bridgehead atoms. The maximum absolute atomic E-state index is 10.8. The summed E-state index contributed by atoms with van der Waals surface area (Å²) in [6.07, 6.45) is 8.76. The van der Waals surface area contributed by atoms with Gasteiger partial charge in [-0.2, -0.15) is 0 Å². The highest BCUT2D eigenvalue weighted by Gasteiger charge is 2.08. The molecule has 0 fully saturated rings. The van der Waals surface area contributed by atoms with Crippen LogP contribution < -0.4 is 5.32 Å². The SMILES string of the molecule is CCCCCCC(C)Nc1cncc(C(=O)O)n1. The molecule has 0 aliphatic heterocycles. The standard InChI is InChI=1S/C13H21N3O2/c1-3-4-5-6-7-10(2)15-12-9-14-8-11(16-12)13(17)18/h8-10H,3-7H2,1-2H3,(H,15,16)(H,17,18). The van der Waals surface area contributed by atoms with Gasteiger partial charge in [0.2, 0.25) is 0 Å². The molecule has 0 amide bonds. The zero-order chi connectivity index (χ0) is 13.4. The van der Waals surface area contributed by atoms with Gasteiger partial charge in [-0.15, -0.1) is 0 Å². The largest absolute Gasteiger partial charge is 0.476 e. The van der Waals surface area contributed by atoms with E-state index in [-0.39, 0.29) is 11.7 Å². The van der Waals surface area contributed by atoms with E-state index in [9.17, 15) is 4.79 Å². The lowest BCUT2D eigenvalue weighted by Gasteiger charge is -2.14. The molecule has 0 saturated carbocycles. The highest BCUT2D eigenvalue weighted by molar-refractivity contribution is 5.85. The predicted octanol–water partition coefficient (Wildman–Crippen LogP) is 2.95. The highest BCUT2D eigenvalue weighted by Crippen LogP contribution is 2.10. The number of nitrogens with one attached hydrogen (secondary N) is 1. The van der Waals surface area contributed by atoms with E-state index in [0.717, 1.165) is 6.42 Å². The fourth-order valence-electron chi connectivity index (χ4n) is 1.74. The fraction of sp³-hybridized carbons (Fsp3) is 0.615. The molecule has 1 aromatic rings. The van der Waals surface area contributed by atoms with Crippen LogP contribution in [0.4, 0.5) is 5.82 Å². The molecule has 5 heteroatoms. The second kappa shape index (κ2) is 7.63. The van der Waals surface area contributed by atoms with Gasteiger partial charge in [0.1, 0.15) is 5.82 Å². The number of carboxylic acid groups (broad SMARTS) is 1. The molecule has 100 valence electrons. The van der Waals surface area contributed by atoms with E-state index >= 15 is 0 Å². The number of anilines is 1. The number of rotatable bonds is 8. The van der Waals surface area contributed by atoms with E-state index in [0.29, 0.717) is 5.82 Å². The minimum absolute atomic E-state index is 0.0295. The number of hydrogen-bond acceptors (Lipinski definition) is 4. The molecule has 18 heavy (non-hydrogen) atoms. The summed E-state index contributed by atoms with van der Waals surface area (Å²) in [6, 6.07) is 0.278. The monoisotopic (exact) mass is 251 g/mol. The summed E-state index contributed by atoms with van der Waals surface area (Å²) in [5, 5.41) is 12.0. The molecule has 1 unspecified atom stereocenters. The Hall–Kier alpha value is -1.65. The van der Waals surface area contributed by atoms with E-state index in [1.807, 2.05) is 0 Å². The van der Waals surface area contributed by atoms with Crippen LogP contribution in [0.3, 0.4) is 0 Å². The van der Waals surface area contributed by atoms with Crippen molar-refractivity contribution in [2.45, 2.75) is 52.0 Å². The summed E-state index contributed by atoms with van der Waals surface area (Å²) in [5.41, 5.74) is -0.0295. The number of carbonyl (C=O) groups is 1. The van der Waals surface area contributed by atoms with Crippen molar-refractivity contribution in [2.75, 3.05) is 5.32 Å². The summed E-state index contributed by atoms with van der Waals surface area (Å²) in [4.78, 5) is 18.6. The molecule has 2 N–H and O–H groups in total. The average Bonchev–Trinajstić information content (AvgIpc) is 2.35. The summed E-state index contributed by atoms with van der Waals surface area (Å²) < 4.78 is 0. The third-order valence-electron chi connectivity index (χ3n) is 2.74. The van der Waals surface area contributed by atoms with Gasteiger partial charge in [-0.05, 0) is 13.3 Å². The second-order valence-electron chi connectivity index (χ2n) is 4.49. The van der Waals surface area contributed by atoms with Crippen LogP contribution in [0.1, 0.15) is 56.4 Å². The second-order valence-corrected chi connectivity index (χ2v) is 4.49. The zero-order valence-electron chi connectivity index (χ0n) is 11.0. The first kappa shape index (κ1) is 14.4. The number of unbranched alkanes of at least 4 members (excludes halogenated alkanes) is 3. The molecular formula is C13H21N3O2. The van der Waals surface area contributed by atoms with Crippen molar-refractivity contribution in [1.82, 2.24) is 9.97 Å². The van der Waals surface area contributed by atoms with Crippen molar-refractivity contribution < 1.29 is 9.90 Å². The molecule has 1 aromatic heterocycles. The van der Waals surface area contributed by atoms with Crippen molar-refractivity contribution in [3.63, 3.8) is 0 Å². The molecule has 0 spiro atoms. The van der Waals surface area contributed by atoms with Crippen molar-refractivity contribution in [3.05, 3.63) is 18.1 Å². The Bertz CT molecular complexity index is 382. The molecule has 1 heterocycles. The Balaban J connectivity index is 2.41. The van der Waals surface area contributed by atoms with Gasteiger partial charge in [0, 0.05) is 6.04 Å². The van der Waals surface area contributed by atoms with Gasteiger partial charge in [0.15, 0.2) is 5.69 Å². The van der Waals surface area contributed by atoms with Gasteiger partial charge >= 0.3 is 5.97 Å². The first-order valence-electron chi connectivity index (χ1n) is 6.45. The number of nitrogens with zero attached hydrogens (tertiary/aromatic N) is 2. The predicted molar refractivity (Wildman–Crippen MR) is 70.8 cm³/mol. The molecular weight excluding hydrogens is 230 g/mol. The van der Waals surface area contributed by atoms with Crippen molar-refractivity contribution in [1.29, 1.82) is 0 Å². The van der Waals surface area contributed by atoms with Gasteiger partial charge in [0.25, 0.3) is 0 Å². The fourth-order valence-corrected chi connectivity index (χ4v) is 1.74. The summed E-state index contributed by atoms with van der Waals surface area (Å²) in [6.45, 7) is 4.26. The zero-order valence-corrected chi connectivity index (χ0v) is 11.0. The lowest BCUT2D eigenvalue weighted by atomic mass is 10.1. The van der Waals surface area contributed by atoms with Crippen LogP contribution in [0.25, 0.3) is 0 Å². The normalized spacial score (nSPS) is 12.1. The first-order valence-corrected chi connectivity index (χ1v) is 6.45. The Labute approximate surface area is 108 Å². The third kappa shape index (κ3) is 5.12. The van der Waals surface area contributed by atoms with Crippen molar-refractivity contribution in [3.8, 4) is 0 Å². The van der Waals surface area contributed by atoms with Crippen LogP contribution in [0.15, 0.2) is 12.4 Å². The average molecular weight is 251 g/mol. The lowest BCUT2D eigenvalue weighted by molar-refractivity contribution is 0.0690. The quantitative estimate of drug-likeness (QED) is 0.695. The minimum Gasteiger partial charge on any atom is -0.476 e. The van der Waals surface area contributed by atoms with E-state index < -0.39 is 5.97 Å². The highest BCUT2D eigenvalue weighted by atomic mass is 16.4. The van der Waals surface area contributed by atoms with Crippen LogP contribution in [0, 0.1) is 0 Å². The Morgan fingerprint density at radius 2 is 2.17 bits per heavy atom. The Morgan fingerprint density at radius 3 is 2.83 bits per heavy atom. The molecule has 0 saturated heterocycles. The van der Waals surface area contributed by atoms with Crippen LogP contribution in [-0.4, -0.2) is 27.1 Å². The molecule has 0 radical (unpaired) electrons. The first-order chi connectivity index (χ1) is 8.63. The van der Waals surface area contributed by atoms with Gasteiger partial charge in [0.05, 0.1) is 12.4 Å². The van der Waals surface area contributed by atoms with Crippen LogP contribution in [0.2, 0.25) is 0 Å². The maximum Gasteiger partial charge on any atom is 0.356 e. The van der Waals surface area contributed by atoms with Gasteiger partial charge in [-0.25, -0.2) is 9.78 Å². The van der Waals surface area contributed by atoms with Crippen molar-refractivity contribution >= 4 is 11.8 Å². The molecule has 0 aliphatic carbocycles. The maximum atomic E-state index is 10.8. The number of hydrogen-bond donors (Lipinski definition) is 2. The topological polar surface area (TPSA) is 75.1 Å². The minimum atomic E-state index is -1.05. The van der Waals surface area contributed by atoms with Gasteiger partial charge < -0.3 is 10.4 Å². The summed E-state index contributed by atoms with van der Waals surface area (Å²) >= 11 is 0. The van der Waals surface area contributed by atoms with Gasteiger partial charge in [-0.3, -0.25) is 4.98 Å². The van der Waals surface area contributed by atoms with Crippen LogP contribution in [0.5, 0.6) is 0 Å². The van der Waals surface area contributed by atoms with Crippen LogP contribution in [-0.2, 0) is 0 Å². The molecule has 1 atom stereocenters. The molecule has 0 aromatic carbocycles. The number of aromatic nitrogens is 2. The Kier molecular flexibility index (Phi) is 6.11. The Morgan fingerprint density at radius 1 is 1.39 bits per heavy atom. The number of aromatic carboxylic acids is 1. The smallest absolute Gasteiger partial charge is 0.356 e. The van der Waals surface area contributed by atoms with Crippen molar-refractivity contribution in [2.24, 2.45) is 0 Å². The molecule has 5 nitrogen and oxygen atoms in total. The molecule has 1 rings (SSSR count). The number of carboxylic acids is 1. The van der Waals surface area contributed by atoms with E-state index in [2.05, 4.69) is 29.1 Å². The lowest BCUT2D eigenvalue weighted by Crippen LogP contribution is -2.17. The molecule has 0 aliphatic rings.